The molecule has 0 aliphatic rings. The smallest absolute Gasteiger partial charge is 0.308 e. The Morgan fingerprint density at radius 1 is 1.47 bits per heavy atom. The predicted molar refractivity (Wildman–Crippen MR) is 67.7 cm³/mol. The number of aromatic nitrogens is 1. The van der Waals surface area contributed by atoms with Gasteiger partial charge in [-0.1, -0.05) is 19.9 Å². The van der Waals surface area contributed by atoms with Gasteiger partial charge in [0.15, 0.2) is 0 Å². The fraction of sp³-hybridized carbons (Fsp3) is 0.571. The topological polar surface area (TPSA) is 39.2 Å². The molecule has 0 N–H and O–H groups in total. The second-order valence-corrected chi connectivity index (χ2v) is 4.35. The number of rotatable bonds is 6. The van der Waals surface area contributed by atoms with Gasteiger partial charge in [0.05, 0.1) is 12.5 Å². The molecule has 0 aromatic carbocycles. The number of carbonyl (C=O) groups excluding carboxylic acids is 1. The summed E-state index contributed by atoms with van der Waals surface area (Å²) in [6.07, 6.45) is 2.52. The third kappa shape index (κ3) is 4.98. The number of pyridine rings is 1. The van der Waals surface area contributed by atoms with Crippen LogP contribution in [0.1, 0.15) is 38.1 Å². The molecule has 0 radical (unpaired) electrons. The van der Waals surface area contributed by atoms with Gasteiger partial charge in [0.25, 0.3) is 0 Å². The molecule has 17 heavy (non-hydrogen) atoms. The van der Waals surface area contributed by atoms with Crippen molar-refractivity contribution < 1.29 is 9.53 Å². The SMILES string of the molecule is CCC(C)C(=O)OCCCc1cccc(C)n1. The molecule has 1 rings (SSSR count). The Labute approximate surface area is 103 Å². The molecular formula is C14H21NO2. The van der Waals surface area contributed by atoms with Crippen molar-refractivity contribution in [3.63, 3.8) is 0 Å². The zero-order valence-electron chi connectivity index (χ0n) is 10.9. The number of aryl methyl sites for hydroxylation is 2. The van der Waals surface area contributed by atoms with Crippen molar-refractivity contribution in [2.75, 3.05) is 6.61 Å². The van der Waals surface area contributed by atoms with E-state index in [9.17, 15) is 4.79 Å². The molecule has 1 unspecified atom stereocenters. The molecule has 1 atom stereocenters. The van der Waals surface area contributed by atoms with Gasteiger partial charge in [0.1, 0.15) is 0 Å². The number of ether oxygens (including phenoxy) is 1. The van der Waals surface area contributed by atoms with E-state index in [0.717, 1.165) is 30.7 Å². The Kier molecular flexibility index (Phi) is 5.67. The maximum Gasteiger partial charge on any atom is 0.308 e. The van der Waals surface area contributed by atoms with E-state index < -0.39 is 0 Å². The van der Waals surface area contributed by atoms with E-state index in [2.05, 4.69) is 4.98 Å². The van der Waals surface area contributed by atoms with E-state index in [1.807, 2.05) is 39.0 Å². The van der Waals surface area contributed by atoms with Gasteiger partial charge in [-0.3, -0.25) is 9.78 Å². The van der Waals surface area contributed by atoms with Gasteiger partial charge in [-0.15, -0.1) is 0 Å². The van der Waals surface area contributed by atoms with Crippen LogP contribution in [0.4, 0.5) is 0 Å². The monoisotopic (exact) mass is 235 g/mol. The van der Waals surface area contributed by atoms with E-state index in [4.69, 9.17) is 4.74 Å². The molecule has 0 spiro atoms. The number of nitrogens with zero attached hydrogens (tertiary/aromatic N) is 1. The highest BCUT2D eigenvalue weighted by Gasteiger charge is 2.11. The van der Waals surface area contributed by atoms with Crippen LogP contribution in [0.3, 0.4) is 0 Å². The first kappa shape index (κ1) is 13.7. The first-order valence-corrected chi connectivity index (χ1v) is 6.22. The zero-order chi connectivity index (χ0) is 12.7. The summed E-state index contributed by atoms with van der Waals surface area (Å²) in [6, 6.07) is 5.98. The molecular weight excluding hydrogens is 214 g/mol. The molecule has 0 bridgehead atoms. The van der Waals surface area contributed by atoms with E-state index in [1.165, 1.54) is 0 Å². The Bertz CT molecular complexity index is 363. The van der Waals surface area contributed by atoms with Crippen LogP contribution in [0.25, 0.3) is 0 Å². The first-order valence-electron chi connectivity index (χ1n) is 6.22. The van der Waals surface area contributed by atoms with E-state index in [-0.39, 0.29) is 11.9 Å². The predicted octanol–water partition coefficient (Wildman–Crippen LogP) is 2.91. The molecule has 1 aromatic heterocycles. The Morgan fingerprint density at radius 3 is 2.88 bits per heavy atom. The minimum atomic E-state index is -0.0929. The average molecular weight is 235 g/mol. The van der Waals surface area contributed by atoms with Crippen LogP contribution in [0.2, 0.25) is 0 Å². The molecule has 0 aliphatic heterocycles. The minimum absolute atomic E-state index is 0.00657. The molecule has 3 heteroatoms. The lowest BCUT2D eigenvalue weighted by Crippen LogP contribution is -2.14. The number of esters is 1. The van der Waals surface area contributed by atoms with Crippen molar-refractivity contribution in [1.82, 2.24) is 4.98 Å². The lowest BCUT2D eigenvalue weighted by atomic mass is 10.1. The largest absolute Gasteiger partial charge is 0.465 e. The van der Waals surface area contributed by atoms with Crippen molar-refractivity contribution in [1.29, 1.82) is 0 Å². The van der Waals surface area contributed by atoms with Crippen LogP contribution in [0.5, 0.6) is 0 Å². The molecule has 1 aromatic rings. The summed E-state index contributed by atoms with van der Waals surface area (Å²) < 4.78 is 5.18. The number of carbonyl (C=O) groups is 1. The Hall–Kier alpha value is -1.38. The highest BCUT2D eigenvalue weighted by molar-refractivity contribution is 5.71. The standard InChI is InChI=1S/C14H21NO2/c1-4-11(2)14(16)17-10-6-9-13-8-5-7-12(3)15-13/h5,7-8,11H,4,6,9-10H2,1-3H3. The van der Waals surface area contributed by atoms with Crippen LogP contribution in [0.15, 0.2) is 18.2 Å². The summed E-state index contributed by atoms with van der Waals surface area (Å²) in [5.74, 6) is -0.0863. The molecule has 0 saturated carbocycles. The van der Waals surface area contributed by atoms with Crippen LogP contribution in [0, 0.1) is 12.8 Å². The number of hydrogen-bond donors (Lipinski definition) is 0. The van der Waals surface area contributed by atoms with Crippen LogP contribution in [-0.4, -0.2) is 17.6 Å². The van der Waals surface area contributed by atoms with Crippen LogP contribution >= 0.6 is 0 Å². The van der Waals surface area contributed by atoms with Gasteiger partial charge in [-0.05, 0) is 38.3 Å². The Balaban J connectivity index is 2.22. The fourth-order valence-electron chi connectivity index (χ4n) is 1.47. The third-order valence-electron chi connectivity index (χ3n) is 2.78. The van der Waals surface area contributed by atoms with Crippen molar-refractivity contribution in [3.05, 3.63) is 29.6 Å². The Morgan fingerprint density at radius 2 is 2.24 bits per heavy atom. The van der Waals surface area contributed by atoms with Crippen molar-refractivity contribution >= 4 is 5.97 Å². The van der Waals surface area contributed by atoms with Gasteiger partial charge < -0.3 is 4.74 Å². The third-order valence-corrected chi connectivity index (χ3v) is 2.78. The summed E-state index contributed by atoms with van der Waals surface area (Å²) >= 11 is 0. The highest BCUT2D eigenvalue weighted by Crippen LogP contribution is 2.05. The molecule has 0 aliphatic carbocycles. The molecule has 0 amide bonds. The minimum Gasteiger partial charge on any atom is -0.465 e. The summed E-state index contributed by atoms with van der Waals surface area (Å²) in [4.78, 5) is 15.8. The normalized spacial score (nSPS) is 12.2. The summed E-state index contributed by atoms with van der Waals surface area (Å²) in [7, 11) is 0. The van der Waals surface area contributed by atoms with Crippen molar-refractivity contribution in [2.24, 2.45) is 5.92 Å². The van der Waals surface area contributed by atoms with Crippen molar-refractivity contribution in [2.45, 2.75) is 40.0 Å². The maximum atomic E-state index is 11.4. The average Bonchev–Trinajstić information content (AvgIpc) is 2.33. The molecule has 0 fully saturated rings. The van der Waals surface area contributed by atoms with E-state index in [1.54, 1.807) is 0 Å². The van der Waals surface area contributed by atoms with Gasteiger partial charge in [0, 0.05) is 11.4 Å². The van der Waals surface area contributed by atoms with Crippen LogP contribution in [-0.2, 0) is 16.0 Å². The number of hydrogen-bond acceptors (Lipinski definition) is 3. The lowest BCUT2D eigenvalue weighted by Gasteiger charge is -2.08. The molecule has 3 nitrogen and oxygen atoms in total. The molecule has 1 heterocycles. The summed E-state index contributed by atoms with van der Waals surface area (Å²) in [5, 5.41) is 0. The van der Waals surface area contributed by atoms with Gasteiger partial charge in [0.2, 0.25) is 0 Å². The highest BCUT2D eigenvalue weighted by atomic mass is 16.5. The van der Waals surface area contributed by atoms with E-state index in [0.29, 0.717) is 6.61 Å². The lowest BCUT2D eigenvalue weighted by molar-refractivity contribution is -0.148. The summed E-state index contributed by atoms with van der Waals surface area (Å²) in [5.41, 5.74) is 2.09. The zero-order valence-corrected chi connectivity index (χ0v) is 10.9. The van der Waals surface area contributed by atoms with Gasteiger partial charge >= 0.3 is 5.97 Å². The second kappa shape index (κ2) is 7.05. The fourth-order valence-corrected chi connectivity index (χ4v) is 1.47. The first-order chi connectivity index (χ1) is 8.13. The van der Waals surface area contributed by atoms with E-state index >= 15 is 0 Å². The quantitative estimate of drug-likeness (QED) is 0.562. The molecule has 0 saturated heterocycles. The molecule has 94 valence electrons. The van der Waals surface area contributed by atoms with Crippen molar-refractivity contribution in [3.8, 4) is 0 Å². The summed E-state index contributed by atoms with van der Waals surface area (Å²) in [6.45, 7) is 6.35. The van der Waals surface area contributed by atoms with Crippen LogP contribution < -0.4 is 0 Å². The van der Waals surface area contributed by atoms with Gasteiger partial charge in [-0.2, -0.15) is 0 Å². The van der Waals surface area contributed by atoms with Gasteiger partial charge in [-0.25, -0.2) is 0 Å². The second-order valence-electron chi connectivity index (χ2n) is 4.35. The maximum absolute atomic E-state index is 11.4.